The number of aromatic nitrogens is 1. The molecule has 1 atom stereocenters. The molecule has 1 fully saturated rings. The van der Waals surface area contributed by atoms with Crippen molar-refractivity contribution in [2.75, 3.05) is 62.8 Å². The summed E-state index contributed by atoms with van der Waals surface area (Å²) < 4.78 is 50.4. The van der Waals surface area contributed by atoms with Gasteiger partial charge in [-0.2, -0.15) is 18.2 Å². The third-order valence-corrected chi connectivity index (χ3v) is 6.08. The number of nitrogens with zero attached hydrogens (tertiary/aromatic N) is 3. The summed E-state index contributed by atoms with van der Waals surface area (Å²) in [6.45, 7) is 4.06. The van der Waals surface area contributed by atoms with Gasteiger partial charge in [-0.1, -0.05) is 18.2 Å². The first-order valence-electron chi connectivity index (χ1n) is 11.7. The van der Waals surface area contributed by atoms with Gasteiger partial charge in [-0.25, -0.2) is 4.79 Å². The summed E-state index contributed by atoms with van der Waals surface area (Å²) in [5.74, 6) is -0.621. The van der Waals surface area contributed by atoms with Crippen molar-refractivity contribution in [3.8, 4) is 17.0 Å². The Bertz CT molecular complexity index is 1100. The van der Waals surface area contributed by atoms with E-state index >= 15 is 0 Å². The maximum atomic E-state index is 13.1. The molecule has 11 heteroatoms. The Labute approximate surface area is 207 Å². The molecular weight excluding hydrogens is 477 g/mol. The molecule has 36 heavy (non-hydrogen) atoms. The molecule has 2 amide bonds. The van der Waals surface area contributed by atoms with E-state index in [-0.39, 0.29) is 19.8 Å². The van der Waals surface area contributed by atoms with Crippen molar-refractivity contribution in [3.63, 3.8) is 0 Å². The van der Waals surface area contributed by atoms with Crippen LogP contribution in [0.4, 0.5) is 29.5 Å². The van der Waals surface area contributed by atoms with Gasteiger partial charge in [0.2, 0.25) is 5.88 Å². The van der Waals surface area contributed by atoms with E-state index in [9.17, 15) is 23.1 Å². The minimum atomic E-state index is -4.40. The number of nitrogens with one attached hydrogen (secondary N) is 1. The molecule has 0 spiro atoms. The highest BCUT2D eigenvalue weighted by Gasteiger charge is 2.40. The van der Waals surface area contributed by atoms with Crippen LogP contribution in [0.3, 0.4) is 0 Å². The lowest BCUT2D eigenvalue weighted by molar-refractivity contribution is -0.164. The Morgan fingerprint density at radius 3 is 2.75 bits per heavy atom. The molecule has 2 aromatic rings. The number of aliphatic hydroxyl groups is 1. The summed E-state index contributed by atoms with van der Waals surface area (Å²) in [5.41, 5.74) is 3.00. The van der Waals surface area contributed by atoms with E-state index in [4.69, 9.17) is 9.47 Å². The van der Waals surface area contributed by atoms with Crippen LogP contribution in [0, 0.1) is 12.8 Å². The van der Waals surface area contributed by atoms with E-state index in [2.05, 4.69) is 15.2 Å². The third kappa shape index (κ3) is 6.27. The fraction of sp³-hybridized carbons (Fsp3) is 0.440. The van der Waals surface area contributed by atoms with Gasteiger partial charge >= 0.3 is 12.2 Å². The topological polar surface area (TPSA) is 87.2 Å². The number of carbonyl (C=O) groups excluding carboxylic acids is 1. The smallest absolute Gasteiger partial charge is 0.396 e. The summed E-state index contributed by atoms with van der Waals surface area (Å²) >= 11 is 0. The van der Waals surface area contributed by atoms with Gasteiger partial charge in [0.1, 0.15) is 12.4 Å². The van der Waals surface area contributed by atoms with Gasteiger partial charge in [-0.15, -0.1) is 0 Å². The standard InChI is InChI=1S/C25H29F3N4O4/c1-17-4-5-20(29-24(34)32-6-2-3-19(16-32)25(26,27)28)15-21(17)18-13-22(31-7-10-35-11-8-31)30-23(14-18)36-12-9-33/h2-5,13-15,19,33H,6-12,16H2,1H3,(H,29,34). The summed E-state index contributed by atoms with van der Waals surface area (Å²) in [5, 5.41) is 11.9. The first-order chi connectivity index (χ1) is 17.2. The molecule has 4 rings (SSSR count). The molecule has 2 N–H and O–H groups in total. The summed E-state index contributed by atoms with van der Waals surface area (Å²) in [6, 6.07) is 8.42. The van der Waals surface area contributed by atoms with Crippen molar-refractivity contribution in [2.24, 2.45) is 5.92 Å². The molecule has 2 aliphatic rings. The number of aryl methyl sites for hydroxylation is 1. The maximum absolute atomic E-state index is 13.1. The van der Waals surface area contributed by atoms with Gasteiger partial charge in [0.15, 0.2) is 0 Å². The Kier molecular flexibility index (Phi) is 8.00. The van der Waals surface area contributed by atoms with Gasteiger partial charge in [0.25, 0.3) is 0 Å². The number of pyridine rings is 1. The van der Waals surface area contributed by atoms with Crippen LogP contribution in [0.5, 0.6) is 5.88 Å². The molecule has 1 unspecified atom stereocenters. The average Bonchev–Trinajstić information content (AvgIpc) is 2.88. The normalized spacial score (nSPS) is 18.3. The second-order valence-corrected chi connectivity index (χ2v) is 8.66. The number of hydrogen-bond donors (Lipinski definition) is 2. The molecule has 0 bridgehead atoms. The largest absolute Gasteiger partial charge is 0.475 e. The summed E-state index contributed by atoms with van der Waals surface area (Å²) in [4.78, 5) is 20.5. The monoisotopic (exact) mass is 506 g/mol. The van der Waals surface area contributed by atoms with Crippen LogP contribution in [0.2, 0.25) is 0 Å². The van der Waals surface area contributed by atoms with Gasteiger partial charge < -0.3 is 29.7 Å². The maximum Gasteiger partial charge on any atom is 0.396 e. The minimum absolute atomic E-state index is 0.0945. The number of carbonyl (C=O) groups is 1. The van der Waals surface area contributed by atoms with E-state index in [0.717, 1.165) is 27.7 Å². The lowest BCUT2D eigenvalue weighted by Crippen LogP contribution is -2.44. The summed E-state index contributed by atoms with van der Waals surface area (Å²) in [7, 11) is 0. The third-order valence-electron chi connectivity index (χ3n) is 6.08. The number of alkyl halides is 3. The molecule has 8 nitrogen and oxygen atoms in total. The Balaban J connectivity index is 1.58. The molecule has 1 aromatic carbocycles. The highest BCUT2D eigenvalue weighted by molar-refractivity contribution is 5.91. The number of rotatable bonds is 6. The molecule has 194 valence electrons. The Hall–Kier alpha value is -3.31. The number of morpholine rings is 1. The first-order valence-corrected chi connectivity index (χ1v) is 11.7. The Morgan fingerprint density at radius 1 is 1.25 bits per heavy atom. The van der Waals surface area contributed by atoms with Gasteiger partial charge in [-0.3, -0.25) is 0 Å². The van der Waals surface area contributed by atoms with E-state index in [1.54, 1.807) is 18.2 Å². The molecule has 1 aromatic heterocycles. The van der Waals surface area contributed by atoms with Crippen LogP contribution < -0.4 is 15.0 Å². The van der Waals surface area contributed by atoms with Crippen LogP contribution >= 0.6 is 0 Å². The number of urea groups is 1. The molecule has 3 heterocycles. The second kappa shape index (κ2) is 11.2. The molecule has 1 saturated heterocycles. The zero-order valence-corrected chi connectivity index (χ0v) is 19.9. The van der Waals surface area contributed by atoms with Crippen LogP contribution in [0.15, 0.2) is 42.5 Å². The predicted molar refractivity (Wildman–Crippen MR) is 129 cm³/mol. The fourth-order valence-corrected chi connectivity index (χ4v) is 4.14. The number of amides is 2. The van der Waals surface area contributed by atoms with Crippen LogP contribution in [-0.4, -0.2) is 79.8 Å². The van der Waals surface area contributed by atoms with E-state index in [0.29, 0.717) is 43.7 Å². The lowest BCUT2D eigenvalue weighted by Gasteiger charge is -2.30. The number of halogens is 3. The highest BCUT2D eigenvalue weighted by Crippen LogP contribution is 2.33. The summed E-state index contributed by atoms with van der Waals surface area (Å²) in [6.07, 6.45) is -1.94. The Morgan fingerprint density at radius 2 is 2.03 bits per heavy atom. The quantitative estimate of drug-likeness (QED) is 0.579. The van der Waals surface area contributed by atoms with Crippen molar-refractivity contribution in [2.45, 2.75) is 13.1 Å². The van der Waals surface area contributed by atoms with E-state index < -0.39 is 24.7 Å². The van der Waals surface area contributed by atoms with Gasteiger partial charge in [0.05, 0.1) is 25.7 Å². The zero-order chi connectivity index (χ0) is 25.7. The SMILES string of the molecule is Cc1ccc(NC(=O)N2CC=CC(C(F)(F)F)C2)cc1-c1cc(OCCO)nc(N2CCOCC2)c1. The number of benzene rings is 1. The van der Waals surface area contributed by atoms with Crippen molar-refractivity contribution >= 4 is 17.5 Å². The van der Waals surface area contributed by atoms with Crippen LogP contribution in [0.25, 0.3) is 11.1 Å². The van der Waals surface area contributed by atoms with Crippen molar-refractivity contribution in [3.05, 3.63) is 48.0 Å². The van der Waals surface area contributed by atoms with E-state index in [1.165, 1.54) is 6.08 Å². The zero-order valence-electron chi connectivity index (χ0n) is 19.9. The van der Waals surface area contributed by atoms with Gasteiger partial charge in [-0.05, 0) is 41.8 Å². The van der Waals surface area contributed by atoms with Crippen molar-refractivity contribution in [1.29, 1.82) is 0 Å². The number of ether oxygens (including phenoxy) is 2. The predicted octanol–water partition coefficient (Wildman–Crippen LogP) is 3.85. The van der Waals surface area contributed by atoms with Crippen LogP contribution in [-0.2, 0) is 4.74 Å². The first kappa shape index (κ1) is 25.8. The molecule has 0 aliphatic carbocycles. The highest BCUT2D eigenvalue weighted by atomic mass is 19.4. The van der Waals surface area contributed by atoms with Crippen LogP contribution in [0.1, 0.15) is 5.56 Å². The number of anilines is 2. The average molecular weight is 507 g/mol. The molecular formula is C25H29F3N4O4. The lowest BCUT2D eigenvalue weighted by atomic mass is 10.00. The number of hydrogen-bond acceptors (Lipinski definition) is 6. The van der Waals surface area contributed by atoms with Crippen molar-refractivity contribution in [1.82, 2.24) is 9.88 Å². The fourth-order valence-electron chi connectivity index (χ4n) is 4.14. The molecule has 0 saturated carbocycles. The molecule has 0 radical (unpaired) electrons. The van der Waals surface area contributed by atoms with E-state index in [1.807, 2.05) is 19.1 Å². The van der Waals surface area contributed by atoms with Crippen molar-refractivity contribution < 1.29 is 32.5 Å². The van der Waals surface area contributed by atoms with Gasteiger partial charge in [0, 0.05) is 37.9 Å². The molecule has 2 aliphatic heterocycles. The minimum Gasteiger partial charge on any atom is -0.475 e. The number of aliphatic hydroxyl groups excluding tert-OH is 1. The second-order valence-electron chi connectivity index (χ2n) is 8.66.